The van der Waals surface area contributed by atoms with Crippen molar-refractivity contribution < 1.29 is 24.1 Å². The molecule has 2 aromatic heterocycles. The maximum absolute atomic E-state index is 12.3. The van der Waals surface area contributed by atoms with E-state index in [1.807, 2.05) is 97.1 Å². The van der Waals surface area contributed by atoms with Crippen molar-refractivity contribution in [1.82, 2.24) is 4.98 Å². The highest BCUT2D eigenvalue weighted by atomic mass is 32.1. The number of carbonyl (C=O) groups is 1. The zero-order valence-electron chi connectivity index (χ0n) is 24.4. The van der Waals surface area contributed by atoms with Gasteiger partial charge < -0.3 is 29.4 Å². The summed E-state index contributed by atoms with van der Waals surface area (Å²) in [4.78, 5) is 17.1. The van der Waals surface area contributed by atoms with Gasteiger partial charge in [0, 0.05) is 39.8 Å². The number of hydrogen-bond donors (Lipinski definition) is 1. The molecule has 0 aliphatic carbocycles. The topological polar surface area (TPSA) is 92.7 Å². The number of hydrogen-bond acceptors (Lipinski definition) is 8. The smallest absolute Gasteiger partial charge is 0.163 e. The van der Waals surface area contributed by atoms with Gasteiger partial charge in [0.1, 0.15) is 19.0 Å². The summed E-state index contributed by atoms with van der Waals surface area (Å²) in [7, 11) is 1.62. The molecule has 2 heterocycles. The van der Waals surface area contributed by atoms with E-state index in [4.69, 9.17) is 14.2 Å². The normalized spacial score (nSPS) is 11.3. The lowest BCUT2D eigenvalue weighted by molar-refractivity contribution is -0.295. The quantitative estimate of drug-likeness (QED) is 0.143. The van der Waals surface area contributed by atoms with E-state index in [1.165, 1.54) is 11.3 Å². The number of methoxy groups -OCH3 is 1. The fourth-order valence-electron chi connectivity index (χ4n) is 4.79. The van der Waals surface area contributed by atoms with E-state index < -0.39 is 5.97 Å². The molecule has 45 heavy (non-hydrogen) atoms. The molecule has 6 aromatic rings. The molecule has 4 aromatic carbocycles. The van der Waals surface area contributed by atoms with Gasteiger partial charge in [0.15, 0.2) is 11.5 Å². The molecule has 1 N–H and O–H groups in total. The number of carboxylic acid groups (broad SMARTS) is 1. The van der Waals surface area contributed by atoms with Gasteiger partial charge in [-0.2, -0.15) is 0 Å². The molecular formula is C37H29N2O5S-. The van der Waals surface area contributed by atoms with Crippen LogP contribution in [0.25, 0.3) is 21.7 Å². The van der Waals surface area contributed by atoms with Crippen LogP contribution in [0, 0.1) is 0 Å². The molecule has 0 saturated carbocycles. The molecule has 0 amide bonds. The van der Waals surface area contributed by atoms with Crippen LogP contribution in [-0.4, -0.2) is 18.1 Å². The zero-order valence-corrected chi connectivity index (χ0v) is 25.3. The summed E-state index contributed by atoms with van der Waals surface area (Å²) in [5.41, 5.74) is 4.12. The van der Waals surface area contributed by atoms with Crippen molar-refractivity contribution in [2.45, 2.75) is 13.2 Å². The van der Waals surface area contributed by atoms with Crippen LogP contribution in [0.3, 0.4) is 0 Å². The molecule has 224 valence electrons. The SMILES string of the molecule is COc1ccc(Nc2c(/C=C(/C(=O)[O-])c3ccncc3)sc3cc(OCc4ccccc4)c(OCc4ccccc4)cc23)cc1. The standard InChI is InChI=1S/C37H30N2O5S/c1-42-29-14-12-28(13-15-29)39-36-31-20-32(43-23-25-8-4-2-5-9-25)33(44-24-26-10-6-3-7-11-26)22-34(31)45-35(36)21-30(37(40)41)27-16-18-38-19-17-27/h2-22,39H,23-24H2,1H3,(H,40,41)/p-1/b30-21+. The van der Waals surface area contributed by atoms with E-state index >= 15 is 0 Å². The molecule has 0 aliphatic heterocycles. The number of ether oxygens (including phenoxy) is 3. The Morgan fingerprint density at radius 3 is 2.00 bits per heavy atom. The number of nitrogens with one attached hydrogen (secondary N) is 1. The fraction of sp³-hybridized carbons (Fsp3) is 0.0811. The van der Waals surface area contributed by atoms with Gasteiger partial charge in [-0.25, -0.2) is 0 Å². The number of aromatic nitrogens is 1. The maximum atomic E-state index is 12.3. The lowest BCUT2D eigenvalue weighted by atomic mass is 10.1. The average molecular weight is 614 g/mol. The number of carbonyl (C=O) groups excluding carboxylic acids is 1. The average Bonchev–Trinajstić information content (AvgIpc) is 3.41. The number of thiophene rings is 1. The van der Waals surface area contributed by atoms with Crippen LogP contribution in [0.5, 0.6) is 17.2 Å². The van der Waals surface area contributed by atoms with Crippen molar-refractivity contribution in [3.63, 3.8) is 0 Å². The number of fused-ring (bicyclic) bond motifs is 1. The van der Waals surface area contributed by atoms with Crippen LogP contribution < -0.4 is 24.6 Å². The number of rotatable bonds is 12. The van der Waals surface area contributed by atoms with Crippen molar-refractivity contribution in [2.75, 3.05) is 12.4 Å². The predicted molar refractivity (Wildman–Crippen MR) is 177 cm³/mol. The second kappa shape index (κ2) is 13.8. The van der Waals surface area contributed by atoms with E-state index in [2.05, 4.69) is 10.3 Å². The van der Waals surface area contributed by atoms with Gasteiger partial charge >= 0.3 is 0 Å². The first-order chi connectivity index (χ1) is 22.1. The Hall–Kier alpha value is -5.60. The van der Waals surface area contributed by atoms with Crippen LogP contribution >= 0.6 is 11.3 Å². The molecule has 0 radical (unpaired) electrons. The summed E-state index contributed by atoms with van der Waals surface area (Å²) in [5, 5.41) is 16.7. The van der Waals surface area contributed by atoms with Gasteiger partial charge in [-0.3, -0.25) is 4.98 Å². The number of anilines is 2. The van der Waals surface area contributed by atoms with E-state index in [0.29, 0.717) is 35.2 Å². The monoisotopic (exact) mass is 613 g/mol. The Balaban J connectivity index is 1.47. The molecule has 7 nitrogen and oxygen atoms in total. The molecule has 0 atom stereocenters. The van der Waals surface area contributed by atoms with Gasteiger partial charge in [-0.15, -0.1) is 11.3 Å². The number of nitrogens with zero attached hydrogens (tertiary/aromatic N) is 1. The van der Waals surface area contributed by atoms with Crippen LogP contribution in [0.2, 0.25) is 0 Å². The third-order valence-corrected chi connectivity index (χ3v) is 8.20. The molecule has 0 unspecified atom stereocenters. The fourth-order valence-corrected chi connectivity index (χ4v) is 5.91. The second-order valence-corrected chi connectivity index (χ2v) is 11.2. The summed E-state index contributed by atoms with van der Waals surface area (Å²) < 4.78 is 18.9. The highest BCUT2D eigenvalue weighted by Gasteiger charge is 2.18. The number of benzene rings is 4. The van der Waals surface area contributed by atoms with Gasteiger partial charge in [0.2, 0.25) is 0 Å². The molecule has 0 saturated heterocycles. The van der Waals surface area contributed by atoms with Crippen molar-refractivity contribution in [3.8, 4) is 17.2 Å². The number of aliphatic carboxylic acids is 1. The van der Waals surface area contributed by atoms with Gasteiger partial charge in [0.25, 0.3) is 0 Å². The van der Waals surface area contributed by atoms with Crippen LogP contribution in [0.4, 0.5) is 11.4 Å². The minimum absolute atomic E-state index is 0.0443. The lowest BCUT2D eigenvalue weighted by Gasteiger charge is -2.15. The Labute approximate surface area is 265 Å². The van der Waals surface area contributed by atoms with Crippen LogP contribution in [0.1, 0.15) is 21.6 Å². The van der Waals surface area contributed by atoms with Crippen molar-refractivity contribution in [3.05, 3.63) is 143 Å². The van der Waals surface area contributed by atoms with E-state index in [1.54, 1.807) is 37.7 Å². The predicted octanol–water partition coefficient (Wildman–Crippen LogP) is 7.50. The first-order valence-electron chi connectivity index (χ1n) is 14.3. The highest BCUT2D eigenvalue weighted by molar-refractivity contribution is 7.20. The molecule has 0 bridgehead atoms. The summed E-state index contributed by atoms with van der Waals surface area (Å²) in [6.07, 6.45) is 4.75. The first kappa shape index (κ1) is 29.5. The van der Waals surface area contributed by atoms with Crippen LogP contribution in [0.15, 0.2) is 122 Å². The second-order valence-electron chi connectivity index (χ2n) is 10.1. The Morgan fingerprint density at radius 1 is 0.822 bits per heavy atom. The third kappa shape index (κ3) is 7.14. The van der Waals surface area contributed by atoms with Crippen molar-refractivity contribution in [1.29, 1.82) is 0 Å². The largest absolute Gasteiger partial charge is 0.545 e. The van der Waals surface area contributed by atoms with Gasteiger partial charge in [-0.05, 0) is 65.2 Å². The summed E-state index contributed by atoms with van der Waals surface area (Å²) >= 11 is 1.44. The van der Waals surface area contributed by atoms with Gasteiger partial charge in [0.05, 0.1) is 23.6 Å². The van der Waals surface area contributed by atoms with Crippen molar-refractivity contribution >= 4 is 50.4 Å². The first-order valence-corrected chi connectivity index (χ1v) is 15.1. The van der Waals surface area contributed by atoms with E-state index in [-0.39, 0.29) is 5.57 Å². The Morgan fingerprint density at radius 2 is 1.42 bits per heavy atom. The molecule has 0 spiro atoms. The summed E-state index contributed by atoms with van der Waals surface area (Å²) in [6.45, 7) is 0.711. The van der Waals surface area contributed by atoms with Gasteiger partial charge in [-0.1, -0.05) is 60.7 Å². The minimum Gasteiger partial charge on any atom is -0.545 e. The van der Waals surface area contributed by atoms with E-state index in [9.17, 15) is 9.90 Å². The molecule has 0 aliphatic rings. The summed E-state index contributed by atoms with van der Waals surface area (Å²) in [5.74, 6) is 0.601. The number of pyridine rings is 1. The molecule has 8 heteroatoms. The maximum Gasteiger partial charge on any atom is 0.163 e. The minimum atomic E-state index is -1.28. The molecular weight excluding hydrogens is 584 g/mol. The van der Waals surface area contributed by atoms with Crippen LogP contribution in [-0.2, 0) is 18.0 Å². The van der Waals surface area contributed by atoms with E-state index in [0.717, 1.165) is 38.3 Å². The molecule has 6 rings (SSSR count). The van der Waals surface area contributed by atoms with Crippen molar-refractivity contribution in [2.24, 2.45) is 0 Å². The zero-order chi connectivity index (χ0) is 31.0. The lowest BCUT2D eigenvalue weighted by Crippen LogP contribution is -2.23. The number of carboxylic acids is 1. The Bertz CT molecular complexity index is 1920. The summed E-state index contributed by atoms with van der Waals surface area (Å²) in [6, 6.07) is 34.6. The highest BCUT2D eigenvalue weighted by Crippen LogP contribution is 2.45. The third-order valence-electron chi connectivity index (χ3n) is 7.10. The Kier molecular flexibility index (Phi) is 9.03. The molecule has 0 fully saturated rings.